The summed E-state index contributed by atoms with van der Waals surface area (Å²) in [6.45, 7) is 10.1. The third kappa shape index (κ3) is 12.5. The fraction of sp³-hybridized carbons (Fsp3) is 0.333. The largest absolute Gasteiger partial charge is 0.486 e. The molecule has 226 valence electrons. The summed E-state index contributed by atoms with van der Waals surface area (Å²) in [5.41, 5.74) is 2.16. The van der Waals surface area contributed by atoms with Gasteiger partial charge in [0.25, 0.3) is 0 Å². The first-order valence-electron chi connectivity index (χ1n) is 13.1. The summed E-state index contributed by atoms with van der Waals surface area (Å²) in [7, 11) is 0. The molecular formula is C30H36N2O10. The van der Waals surface area contributed by atoms with Crippen molar-refractivity contribution in [2.75, 3.05) is 52.7 Å². The molecule has 0 atom stereocenters. The van der Waals surface area contributed by atoms with Crippen molar-refractivity contribution in [3.63, 3.8) is 0 Å². The number of ether oxygens (including phenoxy) is 6. The Labute approximate surface area is 244 Å². The van der Waals surface area contributed by atoms with Crippen molar-refractivity contribution in [1.29, 1.82) is 0 Å². The van der Waals surface area contributed by atoms with Gasteiger partial charge in [0.05, 0.1) is 13.1 Å². The minimum atomic E-state index is -0.692. The highest BCUT2D eigenvalue weighted by Gasteiger charge is 2.14. The van der Waals surface area contributed by atoms with Crippen LogP contribution in [0, 0.1) is 0 Å². The van der Waals surface area contributed by atoms with Crippen LogP contribution in [0.5, 0.6) is 11.5 Å². The topological polar surface area (TPSA) is 148 Å². The number of esters is 2. The third-order valence-electron chi connectivity index (χ3n) is 5.11. The van der Waals surface area contributed by atoms with E-state index in [2.05, 4.69) is 23.8 Å². The van der Waals surface area contributed by atoms with Gasteiger partial charge in [-0.15, -0.1) is 0 Å². The van der Waals surface area contributed by atoms with Gasteiger partial charge in [-0.25, -0.2) is 19.2 Å². The number of amides is 2. The van der Waals surface area contributed by atoms with Crippen LogP contribution in [0.3, 0.4) is 0 Å². The average molecular weight is 585 g/mol. The van der Waals surface area contributed by atoms with Gasteiger partial charge < -0.3 is 39.1 Å². The first kappa shape index (κ1) is 33.2. The zero-order valence-corrected chi connectivity index (χ0v) is 23.8. The zero-order valence-electron chi connectivity index (χ0n) is 23.8. The fourth-order valence-electron chi connectivity index (χ4n) is 3.13. The molecule has 2 aromatic rings. The normalized spacial score (nSPS) is 10.0. The van der Waals surface area contributed by atoms with Crippen LogP contribution in [-0.4, -0.2) is 76.9 Å². The molecule has 0 aliphatic carbocycles. The maximum Gasteiger partial charge on any atom is 0.407 e. The van der Waals surface area contributed by atoms with Crippen LogP contribution in [0.25, 0.3) is 11.1 Å². The summed E-state index contributed by atoms with van der Waals surface area (Å²) in [4.78, 5) is 46.5. The Morgan fingerprint density at radius 2 is 1.14 bits per heavy atom. The molecule has 0 radical (unpaired) electrons. The van der Waals surface area contributed by atoms with E-state index < -0.39 is 24.1 Å². The predicted octanol–water partition coefficient (Wildman–Crippen LogP) is 3.80. The summed E-state index contributed by atoms with van der Waals surface area (Å²) < 4.78 is 31.8. The van der Waals surface area contributed by atoms with E-state index >= 15 is 0 Å². The van der Waals surface area contributed by atoms with Crippen LogP contribution in [0.1, 0.15) is 13.8 Å². The molecule has 0 heterocycles. The fourth-order valence-corrected chi connectivity index (χ4v) is 3.13. The van der Waals surface area contributed by atoms with E-state index in [9.17, 15) is 19.2 Å². The molecule has 0 aromatic heterocycles. The van der Waals surface area contributed by atoms with Crippen molar-refractivity contribution in [2.45, 2.75) is 13.8 Å². The summed E-state index contributed by atoms with van der Waals surface area (Å²) in [5.74, 6) is -0.260. The Morgan fingerprint density at radius 1 is 0.619 bits per heavy atom. The molecule has 0 aliphatic rings. The lowest BCUT2D eigenvalue weighted by molar-refractivity contribution is -0.139. The molecule has 12 heteroatoms. The van der Waals surface area contributed by atoms with Crippen molar-refractivity contribution in [1.82, 2.24) is 10.6 Å². The van der Waals surface area contributed by atoms with E-state index in [1.54, 1.807) is 12.1 Å². The Hall–Kier alpha value is -5.00. The van der Waals surface area contributed by atoms with Gasteiger partial charge in [0.1, 0.15) is 39.6 Å². The standard InChI is InChI=1S/C30H36N2O10/c1-21(2)27(33)39-15-13-31-29(35)41-19-17-37-25-12-8-11-24(23-9-6-5-7-10-23)26(25)38-18-20-42-30(36)32-14-16-40-28(34)22(3)4/h5-12H,1,3,13-20H2,2,4H3,(H,31,35)(H,32,36). The molecule has 2 rings (SSSR count). The van der Waals surface area contributed by atoms with Crippen LogP contribution in [0.2, 0.25) is 0 Å². The Bertz CT molecular complexity index is 1230. The van der Waals surface area contributed by atoms with Gasteiger partial charge in [0.2, 0.25) is 0 Å². The van der Waals surface area contributed by atoms with Gasteiger partial charge in [-0.2, -0.15) is 0 Å². The van der Waals surface area contributed by atoms with Gasteiger partial charge in [-0.05, 0) is 25.5 Å². The molecule has 42 heavy (non-hydrogen) atoms. The summed E-state index contributed by atoms with van der Waals surface area (Å²) in [5, 5.41) is 4.94. The second-order valence-electron chi connectivity index (χ2n) is 8.65. The van der Waals surface area contributed by atoms with Crippen molar-refractivity contribution in [3.8, 4) is 22.6 Å². The van der Waals surface area contributed by atoms with E-state index in [0.29, 0.717) is 11.5 Å². The lowest BCUT2D eigenvalue weighted by Crippen LogP contribution is -2.30. The molecule has 2 aromatic carbocycles. The molecule has 0 unspecified atom stereocenters. The molecule has 12 nitrogen and oxygen atoms in total. The highest BCUT2D eigenvalue weighted by Crippen LogP contribution is 2.38. The molecule has 0 aliphatic heterocycles. The maximum absolute atomic E-state index is 11.9. The number of para-hydroxylation sites is 1. The van der Waals surface area contributed by atoms with Gasteiger partial charge in [0.15, 0.2) is 11.5 Å². The Kier molecular flexibility index (Phi) is 14.5. The number of rotatable bonds is 17. The summed E-state index contributed by atoms with van der Waals surface area (Å²) in [6, 6.07) is 14.9. The third-order valence-corrected chi connectivity index (χ3v) is 5.11. The molecule has 0 saturated carbocycles. The number of benzene rings is 2. The highest BCUT2D eigenvalue weighted by atomic mass is 16.6. The van der Waals surface area contributed by atoms with Crippen molar-refractivity contribution in [2.24, 2.45) is 0 Å². The monoisotopic (exact) mass is 584 g/mol. The number of nitrogens with one attached hydrogen (secondary N) is 2. The van der Waals surface area contributed by atoms with Crippen LogP contribution in [0.15, 0.2) is 72.8 Å². The number of hydrogen-bond donors (Lipinski definition) is 2. The minimum absolute atomic E-state index is 0.0134. The van der Waals surface area contributed by atoms with E-state index in [0.717, 1.165) is 11.1 Å². The number of carbonyl (C=O) groups is 4. The smallest absolute Gasteiger partial charge is 0.407 e. The van der Waals surface area contributed by atoms with Crippen LogP contribution in [-0.2, 0) is 28.5 Å². The van der Waals surface area contributed by atoms with Crippen LogP contribution >= 0.6 is 0 Å². The predicted molar refractivity (Wildman–Crippen MR) is 153 cm³/mol. The molecular weight excluding hydrogens is 548 g/mol. The number of alkyl carbamates (subject to hydrolysis) is 2. The average Bonchev–Trinajstić information content (AvgIpc) is 2.98. The van der Waals surface area contributed by atoms with Crippen LogP contribution in [0.4, 0.5) is 9.59 Å². The molecule has 0 spiro atoms. The SMILES string of the molecule is C=C(C)C(=O)OCCNC(=O)OCCOc1cccc(-c2ccccc2)c1OCCOC(=O)NCCOC(=O)C(=C)C. The first-order chi connectivity index (χ1) is 20.2. The van der Waals surface area contributed by atoms with E-state index in [1.165, 1.54) is 13.8 Å². The Balaban J connectivity index is 1.84. The van der Waals surface area contributed by atoms with Crippen molar-refractivity contribution < 1.29 is 47.6 Å². The van der Waals surface area contributed by atoms with Gasteiger partial charge in [-0.1, -0.05) is 55.6 Å². The molecule has 0 bridgehead atoms. The number of hydrogen-bond acceptors (Lipinski definition) is 10. The van der Waals surface area contributed by atoms with E-state index in [4.69, 9.17) is 28.4 Å². The number of carbonyl (C=O) groups excluding carboxylic acids is 4. The lowest BCUT2D eigenvalue weighted by Gasteiger charge is -2.17. The van der Waals surface area contributed by atoms with Gasteiger partial charge in [-0.3, -0.25) is 0 Å². The van der Waals surface area contributed by atoms with Crippen molar-refractivity contribution >= 4 is 24.1 Å². The second-order valence-corrected chi connectivity index (χ2v) is 8.65. The molecule has 2 amide bonds. The lowest BCUT2D eigenvalue weighted by atomic mass is 10.0. The molecule has 0 fully saturated rings. The first-order valence-corrected chi connectivity index (χ1v) is 13.1. The maximum atomic E-state index is 11.9. The Morgan fingerprint density at radius 3 is 1.67 bits per heavy atom. The van der Waals surface area contributed by atoms with Gasteiger partial charge >= 0.3 is 24.1 Å². The van der Waals surface area contributed by atoms with E-state index in [-0.39, 0.29) is 63.9 Å². The van der Waals surface area contributed by atoms with E-state index in [1.807, 2.05) is 36.4 Å². The summed E-state index contributed by atoms with van der Waals surface area (Å²) in [6.07, 6.45) is -1.38. The molecule has 0 saturated heterocycles. The van der Waals surface area contributed by atoms with Gasteiger partial charge in [0, 0.05) is 16.7 Å². The zero-order chi connectivity index (χ0) is 30.7. The summed E-state index contributed by atoms with van der Waals surface area (Å²) >= 11 is 0. The minimum Gasteiger partial charge on any atom is -0.486 e. The van der Waals surface area contributed by atoms with Crippen LogP contribution < -0.4 is 20.1 Å². The highest BCUT2D eigenvalue weighted by molar-refractivity contribution is 5.87. The quantitative estimate of drug-likeness (QED) is 0.122. The molecule has 2 N–H and O–H groups in total. The second kappa shape index (κ2) is 18.4. The van der Waals surface area contributed by atoms with Crippen molar-refractivity contribution in [3.05, 3.63) is 72.8 Å².